The number of carbonyl (C=O) groups is 2. The van der Waals surface area contributed by atoms with Crippen molar-refractivity contribution in [3.63, 3.8) is 0 Å². The molecule has 118 valence electrons. The quantitative estimate of drug-likeness (QED) is 0.851. The van der Waals surface area contributed by atoms with Crippen molar-refractivity contribution in [2.45, 2.75) is 63.5 Å². The first kappa shape index (κ1) is 14.7. The Morgan fingerprint density at radius 3 is 2.43 bits per heavy atom. The summed E-state index contributed by atoms with van der Waals surface area (Å²) in [6, 6.07) is -0.374. The van der Waals surface area contributed by atoms with Crippen LogP contribution in [0.1, 0.15) is 51.4 Å². The molecule has 1 aliphatic heterocycles. The summed E-state index contributed by atoms with van der Waals surface area (Å²) in [7, 11) is 1.85. The Morgan fingerprint density at radius 2 is 1.76 bits per heavy atom. The van der Waals surface area contributed by atoms with Gasteiger partial charge in [0.25, 0.3) is 0 Å². The van der Waals surface area contributed by atoms with E-state index in [0.29, 0.717) is 18.5 Å². The smallest absolute Gasteiger partial charge is 0.326 e. The topological polar surface area (TPSA) is 60.9 Å². The molecule has 3 atom stereocenters. The van der Waals surface area contributed by atoms with E-state index in [2.05, 4.69) is 0 Å². The van der Waals surface area contributed by atoms with Gasteiger partial charge >= 0.3 is 12.0 Å². The number of hydrogen-bond donors (Lipinski definition) is 1. The third kappa shape index (κ3) is 2.62. The highest BCUT2D eigenvalue weighted by atomic mass is 16.4. The van der Waals surface area contributed by atoms with Crippen LogP contribution in [0.3, 0.4) is 0 Å². The summed E-state index contributed by atoms with van der Waals surface area (Å²) in [5.74, 6) is -0.254. The molecule has 2 saturated carbocycles. The average Bonchev–Trinajstić information content (AvgIpc) is 3.06. The van der Waals surface area contributed by atoms with Gasteiger partial charge in [-0.25, -0.2) is 9.59 Å². The second kappa shape index (κ2) is 5.85. The molecule has 3 rings (SSSR count). The zero-order chi connectivity index (χ0) is 15.0. The van der Waals surface area contributed by atoms with Gasteiger partial charge in [-0.3, -0.25) is 0 Å². The number of amides is 2. The maximum atomic E-state index is 12.8. The molecule has 0 aromatic rings. The minimum Gasteiger partial charge on any atom is -0.480 e. The molecule has 3 aliphatic rings. The molecule has 0 aromatic heterocycles. The van der Waals surface area contributed by atoms with E-state index in [1.54, 1.807) is 4.90 Å². The highest BCUT2D eigenvalue weighted by Crippen LogP contribution is 2.42. The van der Waals surface area contributed by atoms with Crippen molar-refractivity contribution < 1.29 is 14.7 Å². The van der Waals surface area contributed by atoms with E-state index in [1.165, 1.54) is 19.3 Å². The van der Waals surface area contributed by atoms with Crippen molar-refractivity contribution in [3.8, 4) is 0 Å². The predicted octanol–water partition coefficient (Wildman–Crippen LogP) is 2.56. The summed E-state index contributed by atoms with van der Waals surface area (Å²) in [5.41, 5.74) is 0. The Morgan fingerprint density at radius 1 is 1.05 bits per heavy atom. The third-order valence-electron chi connectivity index (χ3n) is 5.81. The van der Waals surface area contributed by atoms with Crippen LogP contribution in [-0.4, -0.2) is 52.6 Å². The van der Waals surface area contributed by atoms with Gasteiger partial charge in [0.15, 0.2) is 0 Å². The molecular formula is C16H26N2O3. The molecule has 2 amide bonds. The minimum absolute atomic E-state index is 0.0660. The van der Waals surface area contributed by atoms with Crippen molar-refractivity contribution in [1.82, 2.24) is 9.80 Å². The number of likely N-dealkylation sites (tertiary alicyclic amines) is 1. The highest BCUT2D eigenvalue weighted by Gasteiger charge is 2.50. The van der Waals surface area contributed by atoms with Crippen molar-refractivity contribution in [3.05, 3.63) is 0 Å². The lowest BCUT2D eigenvalue weighted by Gasteiger charge is -2.35. The molecule has 1 saturated heterocycles. The molecule has 3 unspecified atom stereocenters. The number of nitrogens with zero attached hydrogens (tertiary/aromatic N) is 2. The minimum atomic E-state index is -0.824. The van der Waals surface area contributed by atoms with Gasteiger partial charge in [-0.05, 0) is 37.5 Å². The lowest BCUT2D eigenvalue weighted by molar-refractivity contribution is -0.142. The molecule has 3 fully saturated rings. The van der Waals surface area contributed by atoms with E-state index in [1.807, 2.05) is 11.9 Å². The van der Waals surface area contributed by atoms with Crippen LogP contribution in [-0.2, 0) is 4.79 Å². The lowest BCUT2D eigenvalue weighted by Crippen LogP contribution is -2.51. The molecule has 1 N–H and O–H groups in total. The SMILES string of the molecule is CN(C(=O)N1CC2CCCC2C1C(=O)O)C1CCCCC1. The molecule has 0 bridgehead atoms. The van der Waals surface area contributed by atoms with Gasteiger partial charge in [0.1, 0.15) is 6.04 Å². The van der Waals surface area contributed by atoms with Crippen LogP contribution in [0.25, 0.3) is 0 Å². The molecule has 0 radical (unpaired) electrons. The highest BCUT2D eigenvalue weighted by molar-refractivity contribution is 5.84. The Hall–Kier alpha value is -1.26. The van der Waals surface area contributed by atoms with Crippen LogP contribution in [0.4, 0.5) is 4.79 Å². The first-order valence-electron chi connectivity index (χ1n) is 8.36. The van der Waals surface area contributed by atoms with Gasteiger partial charge < -0.3 is 14.9 Å². The second-order valence-electron chi connectivity index (χ2n) is 6.98. The van der Waals surface area contributed by atoms with Gasteiger partial charge in [0, 0.05) is 19.6 Å². The van der Waals surface area contributed by atoms with Crippen LogP contribution < -0.4 is 0 Å². The molecule has 2 aliphatic carbocycles. The van der Waals surface area contributed by atoms with Gasteiger partial charge in [0.05, 0.1) is 0 Å². The van der Waals surface area contributed by atoms with E-state index < -0.39 is 12.0 Å². The Kier molecular flexibility index (Phi) is 4.09. The van der Waals surface area contributed by atoms with Crippen molar-refractivity contribution in [2.75, 3.05) is 13.6 Å². The van der Waals surface area contributed by atoms with Crippen molar-refractivity contribution >= 4 is 12.0 Å². The fourth-order valence-electron chi connectivity index (χ4n) is 4.65. The Labute approximate surface area is 126 Å². The molecule has 0 spiro atoms. The van der Waals surface area contributed by atoms with E-state index in [4.69, 9.17) is 0 Å². The molecule has 1 heterocycles. The number of urea groups is 1. The van der Waals surface area contributed by atoms with E-state index in [0.717, 1.165) is 32.1 Å². The molecule has 5 nitrogen and oxygen atoms in total. The van der Waals surface area contributed by atoms with Gasteiger partial charge in [0.2, 0.25) is 0 Å². The van der Waals surface area contributed by atoms with Crippen molar-refractivity contribution in [1.29, 1.82) is 0 Å². The molecular weight excluding hydrogens is 268 g/mol. The maximum absolute atomic E-state index is 12.8. The first-order chi connectivity index (χ1) is 10.1. The predicted molar refractivity (Wildman–Crippen MR) is 79.0 cm³/mol. The van der Waals surface area contributed by atoms with Gasteiger partial charge in [-0.1, -0.05) is 25.7 Å². The zero-order valence-electron chi connectivity index (χ0n) is 12.8. The number of rotatable bonds is 2. The first-order valence-corrected chi connectivity index (χ1v) is 8.36. The van der Waals surface area contributed by atoms with Crippen LogP contribution in [0.2, 0.25) is 0 Å². The number of carboxylic acids is 1. The van der Waals surface area contributed by atoms with E-state index >= 15 is 0 Å². The Bertz CT molecular complexity index is 420. The van der Waals surface area contributed by atoms with Crippen LogP contribution in [0, 0.1) is 11.8 Å². The summed E-state index contributed by atoms with van der Waals surface area (Å²) in [4.78, 5) is 27.9. The summed E-state index contributed by atoms with van der Waals surface area (Å²) in [6.07, 6.45) is 8.86. The number of fused-ring (bicyclic) bond motifs is 1. The van der Waals surface area contributed by atoms with Gasteiger partial charge in [-0.2, -0.15) is 0 Å². The largest absolute Gasteiger partial charge is 0.480 e. The normalized spacial score (nSPS) is 33.0. The lowest BCUT2D eigenvalue weighted by atomic mass is 9.94. The monoisotopic (exact) mass is 294 g/mol. The Balaban J connectivity index is 1.72. The summed E-state index contributed by atoms with van der Waals surface area (Å²) < 4.78 is 0. The zero-order valence-corrected chi connectivity index (χ0v) is 12.8. The number of hydrogen-bond acceptors (Lipinski definition) is 2. The molecule has 21 heavy (non-hydrogen) atoms. The maximum Gasteiger partial charge on any atom is 0.326 e. The summed E-state index contributed by atoms with van der Waals surface area (Å²) in [6.45, 7) is 0.636. The van der Waals surface area contributed by atoms with Crippen LogP contribution >= 0.6 is 0 Å². The van der Waals surface area contributed by atoms with E-state index in [-0.39, 0.29) is 11.9 Å². The van der Waals surface area contributed by atoms with Crippen LogP contribution in [0.5, 0.6) is 0 Å². The molecule has 5 heteroatoms. The molecule has 0 aromatic carbocycles. The fourth-order valence-corrected chi connectivity index (χ4v) is 4.65. The summed E-state index contributed by atoms with van der Waals surface area (Å²) in [5, 5.41) is 9.56. The second-order valence-corrected chi connectivity index (χ2v) is 6.98. The van der Waals surface area contributed by atoms with E-state index in [9.17, 15) is 14.7 Å². The fraction of sp³-hybridized carbons (Fsp3) is 0.875. The standard InChI is InChI=1S/C16H26N2O3/c1-17(12-7-3-2-4-8-12)16(21)18-10-11-6-5-9-13(11)14(18)15(19)20/h11-14H,2-10H2,1H3,(H,19,20). The number of carboxylic acid groups (broad SMARTS) is 1. The summed E-state index contributed by atoms with van der Waals surface area (Å²) >= 11 is 0. The third-order valence-corrected chi connectivity index (χ3v) is 5.81. The number of aliphatic carboxylic acids is 1. The van der Waals surface area contributed by atoms with Crippen LogP contribution in [0.15, 0.2) is 0 Å². The average molecular weight is 294 g/mol. The van der Waals surface area contributed by atoms with Gasteiger partial charge in [-0.15, -0.1) is 0 Å². The number of carbonyl (C=O) groups excluding carboxylic acids is 1. The van der Waals surface area contributed by atoms with Crippen molar-refractivity contribution in [2.24, 2.45) is 11.8 Å².